The molecule has 1 unspecified atom stereocenters. The van der Waals surface area contributed by atoms with Crippen LogP contribution in [0, 0.1) is 5.92 Å². The summed E-state index contributed by atoms with van der Waals surface area (Å²) in [6.45, 7) is 0. The third kappa shape index (κ3) is 4.15. The first-order valence-electron chi connectivity index (χ1n) is 9.32. The Morgan fingerprint density at radius 2 is 1.67 bits per heavy atom. The summed E-state index contributed by atoms with van der Waals surface area (Å²) in [6.07, 6.45) is 5.44. The smallest absolute Gasteiger partial charge is 0.247 e. The summed E-state index contributed by atoms with van der Waals surface area (Å²) in [7, 11) is -0.601. The largest absolute Gasteiger partial charge is 0.495 e. The number of ether oxygens (including phenoxy) is 1. The van der Waals surface area contributed by atoms with E-state index >= 15 is 0 Å². The van der Waals surface area contributed by atoms with Crippen LogP contribution >= 0.6 is 11.6 Å². The number of hydrogen-bond donors (Lipinski definition) is 0. The molecular formula is C21H26ClNO3S. The van der Waals surface area contributed by atoms with E-state index in [1.165, 1.54) is 17.8 Å². The molecule has 0 N–H and O–H groups in total. The van der Waals surface area contributed by atoms with Crippen LogP contribution in [-0.2, 0) is 10.0 Å². The zero-order chi connectivity index (χ0) is 19.4. The van der Waals surface area contributed by atoms with Crippen LogP contribution in [0.4, 0.5) is 0 Å². The van der Waals surface area contributed by atoms with Crippen molar-refractivity contribution in [3.05, 3.63) is 59.1 Å². The molecule has 1 aliphatic rings. The van der Waals surface area contributed by atoms with Gasteiger partial charge >= 0.3 is 0 Å². The monoisotopic (exact) mass is 407 g/mol. The minimum atomic E-state index is -3.75. The Balaban J connectivity index is 2.07. The number of sulfonamides is 1. The molecule has 2 aromatic carbocycles. The van der Waals surface area contributed by atoms with Gasteiger partial charge in [0.15, 0.2) is 0 Å². The highest BCUT2D eigenvalue weighted by Crippen LogP contribution is 2.42. The van der Waals surface area contributed by atoms with Gasteiger partial charge in [0, 0.05) is 12.1 Å². The summed E-state index contributed by atoms with van der Waals surface area (Å²) in [5.74, 6) is 0.596. The molecule has 146 valence electrons. The van der Waals surface area contributed by atoms with Crippen molar-refractivity contribution >= 4 is 21.6 Å². The second-order valence-electron chi connectivity index (χ2n) is 7.04. The Bertz CT molecular complexity index is 879. The SMILES string of the molecule is COc1ccccc1S(=O)(=O)N(C)C(c1ccccc1Cl)C1CCCCC1. The predicted molar refractivity (Wildman–Crippen MR) is 109 cm³/mol. The molecule has 0 amide bonds. The van der Waals surface area contributed by atoms with Crippen LogP contribution < -0.4 is 4.74 Å². The van der Waals surface area contributed by atoms with Crippen molar-refractivity contribution in [2.75, 3.05) is 14.2 Å². The summed E-state index contributed by atoms with van der Waals surface area (Å²) < 4.78 is 33.8. The van der Waals surface area contributed by atoms with Crippen LogP contribution in [0.3, 0.4) is 0 Å². The first-order chi connectivity index (χ1) is 13.0. The Labute approximate surface area is 167 Å². The lowest BCUT2D eigenvalue weighted by atomic mass is 9.81. The third-order valence-corrected chi connectivity index (χ3v) is 7.66. The van der Waals surface area contributed by atoms with E-state index in [1.54, 1.807) is 31.3 Å². The molecule has 0 saturated heterocycles. The summed E-state index contributed by atoms with van der Waals surface area (Å²) in [5.41, 5.74) is 0.868. The Kier molecular flexibility index (Phi) is 6.45. The molecule has 0 aromatic heterocycles. The second-order valence-corrected chi connectivity index (χ2v) is 9.41. The number of nitrogens with zero attached hydrogens (tertiary/aromatic N) is 1. The van der Waals surface area contributed by atoms with Crippen LogP contribution in [0.25, 0.3) is 0 Å². The normalized spacial score (nSPS) is 17.0. The van der Waals surface area contributed by atoms with Gasteiger partial charge in [0.1, 0.15) is 10.6 Å². The fraction of sp³-hybridized carbons (Fsp3) is 0.429. The first kappa shape index (κ1) is 20.2. The van der Waals surface area contributed by atoms with E-state index < -0.39 is 10.0 Å². The van der Waals surface area contributed by atoms with Gasteiger partial charge in [0.05, 0.1) is 13.2 Å². The predicted octanol–water partition coefficient (Wildman–Crippen LogP) is 5.29. The van der Waals surface area contributed by atoms with Crippen molar-refractivity contribution in [2.24, 2.45) is 5.92 Å². The maximum Gasteiger partial charge on any atom is 0.247 e. The number of para-hydroxylation sites is 1. The summed E-state index contributed by atoms with van der Waals surface area (Å²) in [6, 6.07) is 14.0. The van der Waals surface area contributed by atoms with Crippen LogP contribution in [0.2, 0.25) is 5.02 Å². The van der Waals surface area contributed by atoms with E-state index in [0.717, 1.165) is 31.2 Å². The second kappa shape index (κ2) is 8.63. The molecule has 4 nitrogen and oxygen atoms in total. The highest BCUT2D eigenvalue weighted by atomic mass is 35.5. The minimum absolute atomic E-state index is 0.183. The third-order valence-electron chi connectivity index (χ3n) is 5.44. The number of hydrogen-bond acceptors (Lipinski definition) is 3. The zero-order valence-corrected chi connectivity index (χ0v) is 17.3. The van der Waals surface area contributed by atoms with Gasteiger partial charge in [-0.05, 0) is 42.5 Å². The lowest BCUT2D eigenvalue weighted by Crippen LogP contribution is -2.36. The molecule has 1 aliphatic carbocycles. The van der Waals surface area contributed by atoms with Gasteiger partial charge in [0.25, 0.3) is 0 Å². The number of benzene rings is 2. The quantitative estimate of drug-likeness (QED) is 0.653. The van der Waals surface area contributed by atoms with E-state index in [2.05, 4.69) is 0 Å². The lowest BCUT2D eigenvalue weighted by molar-refractivity contribution is 0.214. The van der Waals surface area contributed by atoms with Crippen LogP contribution in [0.15, 0.2) is 53.4 Å². The summed E-state index contributed by atoms with van der Waals surface area (Å²) in [4.78, 5) is 0.183. The van der Waals surface area contributed by atoms with E-state index in [1.807, 2.05) is 24.3 Å². The van der Waals surface area contributed by atoms with Gasteiger partial charge < -0.3 is 4.74 Å². The fourth-order valence-electron chi connectivity index (χ4n) is 4.05. The molecule has 2 aromatic rings. The average molecular weight is 408 g/mol. The number of rotatable bonds is 6. The van der Waals surface area contributed by atoms with E-state index in [4.69, 9.17) is 16.3 Å². The molecule has 0 spiro atoms. The van der Waals surface area contributed by atoms with Gasteiger partial charge in [-0.3, -0.25) is 0 Å². The molecule has 6 heteroatoms. The highest BCUT2D eigenvalue weighted by molar-refractivity contribution is 7.89. The molecule has 27 heavy (non-hydrogen) atoms. The molecule has 3 rings (SSSR count). The van der Waals surface area contributed by atoms with Crippen molar-refractivity contribution in [2.45, 2.75) is 43.0 Å². The molecule has 0 aliphatic heterocycles. The van der Waals surface area contributed by atoms with E-state index in [9.17, 15) is 8.42 Å². The summed E-state index contributed by atoms with van der Waals surface area (Å²) >= 11 is 6.49. The van der Waals surface area contributed by atoms with E-state index in [0.29, 0.717) is 10.8 Å². The van der Waals surface area contributed by atoms with Gasteiger partial charge in [-0.1, -0.05) is 61.2 Å². The Hall–Kier alpha value is -1.56. The molecular weight excluding hydrogens is 382 g/mol. The van der Waals surface area contributed by atoms with Crippen molar-refractivity contribution in [1.29, 1.82) is 0 Å². The van der Waals surface area contributed by atoms with Crippen molar-refractivity contribution < 1.29 is 13.2 Å². The number of halogens is 1. The van der Waals surface area contributed by atoms with Gasteiger partial charge in [-0.15, -0.1) is 0 Å². The summed E-state index contributed by atoms with van der Waals surface area (Å²) in [5, 5.41) is 0.607. The van der Waals surface area contributed by atoms with Crippen molar-refractivity contribution in [3.8, 4) is 5.75 Å². The minimum Gasteiger partial charge on any atom is -0.495 e. The molecule has 0 radical (unpaired) electrons. The van der Waals surface area contributed by atoms with Gasteiger partial charge in [0.2, 0.25) is 10.0 Å². The molecule has 1 atom stereocenters. The van der Waals surface area contributed by atoms with Crippen molar-refractivity contribution in [3.63, 3.8) is 0 Å². The standard InChI is InChI=1S/C21H26ClNO3S/c1-23(27(24,25)20-15-9-8-14-19(20)26-2)21(16-10-4-3-5-11-16)17-12-6-7-13-18(17)22/h6-9,12-16,21H,3-5,10-11H2,1-2H3. The molecule has 0 heterocycles. The Morgan fingerprint density at radius 3 is 2.33 bits per heavy atom. The van der Waals surface area contributed by atoms with Crippen molar-refractivity contribution in [1.82, 2.24) is 4.31 Å². The zero-order valence-electron chi connectivity index (χ0n) is 15.8. The lowest BCUT2D eigenvalue weighted by Gasteiger charge is -2.37. The maximum absolute atomic E-state index is 13.5. The van der Waals surface area contributed by atoms with Gasteiger partial charge in [-0.25, -0.2) is 8.42 Å². The van der Waals surface area contributed by atoms with Crippen LogP contribution in [0.5, 0.6) is 5.75 Å². The molecule has 1 saturated carbocycles. The van der Waals surface area contributed by atoms with Gasteiger partial charge in [-0.2, -0.15) is 4.31 Å². The van der Waals surface area contributed by atoms with Crippen LogP contribution in [-0.4, -0.2) is 26.9 Å². The highest BCUT2D eigenvalue weighted by Gasteiger charge is 2.37. The average Bonchev–Trinajstić information content (AvgIpc) is 2.70. The molecule has 0 bridgehead atoms. The Morgan fingerprint density at radius 1 is 1.04 bits per heavy atom. The number of methoxy groups -OCH3 is 1. The maximum atomic E-state index is 13.5. The van der Waals surface area contributed by atoms with Crippen LogP contribution in [0.1, 0.15) is 43.7 Å². The molecule has 1 fully saturated rings. The first-order valence-corrected chi connectivity index (χ1v) is 11.1. The van der Waals surface area contributed by atoms with E-state index in [-0.39, 0.29) is 16.9 Å². The fourth-order valence-corrected chi connectivity index (χ4v) is 5.85. The topological polar surface area (TPSA) is 46.6 Å².